The van der Waals surface area contributed by atoms with Crippen LogP contribution in [0.4, 0.5) is 5.69 Å². The number of pyridine rings is 1. The maximum Gasteiger partial charge on any atom is 0.307 e. The molecular formula is C16H18N4O3S2. The molecule has 0 aromatic carbocycles. The zero-order chi connectivity index (χ0) is 18.8. The second-order valence-electron chi connectivity index (χ2n) is 5.82. The number of amides is 1. The zero-order valence-electron chi connectivity index (χ0n) is 14.4. The minimum absolute atomic E-state index is 0.128. The molecule has 0 N–H and O–H groups in total. The average Bonchev–Trinajstić information content (AvgIpc) is 2.77. The number of carbonyl (C=O) groups is 2. The number of aromatic nitrogens is 1. The summed E-state index contributed by atoms with van der Waals surface area (Å²) >= 11 is 6.85. The first-order chi connectivity index (χ1) is 11.8. The summed E-state index contributed by atoms with van der Waals surface area (Å²) in [4.78, 5) is 32.2. The summed E-state index contributed by atoms with van der Waals surface area (Å²) < 4.78 is 4.66. The summed E-state index contributed by atoms with van der Waals surface area (Å²) in [5.41, 5.74) is -0.0824. The third kappa shape index (κ3) is 3.45. The third-order valence-electron chi connectivity index (χ3n) is 4.01. The molecule has 9 heteroatoms. The van der Waals surface area contributed by atoms with Crippen molar-refractivity contribution in [2.24, 2.45) is 0 Å². The van der Waals surface area contributed by atoms with Gasteiger partial charge in [-0.3, -0.25) is 14.5 Å². The Balaban J connectivity index is 2.36. The fraction of sp³-hybridized carbons (Fsp3) is 0.438. The van der Waals surface area contributed by atoms with Crippen LogP contribution in [-0.4, -0.2) is 52.3 Å². The lowest BCUT2D eigenvalue weighted by Gasteiger charge is -2.28. The predicted octanol–water partition coefficient (Wildman–Crippen LogP) is 1.95. The minimum atomic E-state index is -0.890. The molecule has 0 aliphatic carbocycles. The van der Waals surface area contributed by atoms with Crippen molar-refractivity contribution in [3.8, 4) is 6.07 Å². The van der Waals surface area contributed by atoms with Crippen molar-refractivity contribution in [2.45, 2.75) is 30.7 Å². The maximum atomic E-state index is 12.9. The molecule has 1 aromatic rings. The molecule has 0 spiro atoms. The number of esters is 1. The Morgan fingerprint density at radius 3 is 2.76 bits per heavy atom. The number of nitriles is 1. The van der Waals surface area contributed by atoms with Crippen molar-refractivity contribution in [2.75, 3.05) is 24.8 Å². The van der Waals surface area contributed by atoms with Crippen LogP contribution in [0.2, 0.25) is 0 Å². The summed E-state index contributed by atoms with van der Waals surface area (Å²) in [5.74, 6) is -0.574. The second-order valence-corrected chi connectivity index (χ2v) is 7.03. The first-order valence-electron chi connectivity index (χ1n) is 7.45. The first-order valence-corrected chi connectivity index (χ1v) is 9.08. The van der Waals surface area contributed by atoms with Crippen LogP contribution in [-0.2, 0) is 14.3 Å². The number of hydrogen-bond acceptors (Lipinski definition) is 7. The van der Waals surface area contributed by atoms with E-state index in [4.69, 9.17) is 17.5 Å². The van der Waals surface area contributed by atoms with Gasteiger partial charge in [0.1, 0.15) is 11.6 Å². The number of nitrogens with zero attached hydrogens (tertiary/aromatic N) is 4. The van der Waals surface area contributed by atoms with E-state index in [0.717, 1.165) is 0 Å². The third-order valence-corrected chi connectivity index (χ3v) is 5.17. The molecule has 0 atom stereocenters. The van der Waals surface area contributed by atoms with Gasteiger partial charge in [0.2, 0.25) is 0 Å². The quantitative estimate of drug-likeness (QED) is 0.437. The fourth-order valence-electron chi connectivity index (χ4n) is 2.54. The van der Waals surface area contributed by atoms with Crippen molar-refractivity contribution in [3.63, 3.8) is 0 Å². The minimum Gasteiger partial charge on any atom is -0.469 e. The molecule has 7 nitrogen and oxygen atoms in total. The molecule has 0 bridgehead atoms. The number of hydrogen-bond donors (Lipinski definition) is 0. The van der Waals surface area contributed by atoms with Crippen LogP contribution in [0.1, 0.15) is 26.0 Å². The second kappa shape index (κ2) is 7.37. The van der Waals surface area contributed by atoms with Crippen molar-refractivity contribution in [3.05, 3.63) is 18.0 Å². The number of carbonyl (C=O) groups excluding carboxylic acids is 2. The van der Waals surface area contributed by atoms with Crippen molar-refractivity contribution >= 4 is 46.7 Å². The number of methoxy groups -OCH3 is 1. The Morgan fingerprint density at radius 1 is 1.52 bits per heavy atom. The Labute approximate surface area is 155 Å². The number of ether oxygens (including phenoxy) is 1. The van der Waals surface area contributed by atoms with Gasteiger partial charge in [0, 0.05) is 11.4 Å². The topological polar surface area (TPSA) is 86.5 Å². The maximum absolute atomic E-state index is 12.9. The van der Waals surface area contributed by atoms with E-state index in [9.17, 15) is 9.59 Å². The van der Waals surface area contributed by atoms with Gasteiger partial charge >= 0.3 is 5.97 Å². The van der Waals surface area contributed by atoms with Crippen LogP contribution in [0.15, 0.2) is 17.2 Å². The lowest BCUT2D eigenvalue weighted by molar-refractivity contribution is -0.141. The van der Waals surface area contributed by atoms with Gasteiger partial charge in [-0.1, -0.05) is 0 Å². The Morgan fingerprint density at radius 2 is 2.20 bits per heavy atom. The van der Waals surface area contributed by atoms with Gasteiger partial charge in [-0.25, -0.2) is 4.98 Å². The summed E-state index contributed by atoms with van der Waals surface area (Å²) in [6.07, 6.45) is 3.42. The highest BCUT2D eigenvalue weighted by Gasteiger charge is 2.49. The first kappa shape index (κ1) is 19.1. The molecule has 2 rings (SSSR count). The van der Waals surface area contributed by atoms with Crippen molar-refractivity contribution in [1.82, 2.24) is 9.88 Å². The molecule has 1 fully saturated rings. The van der Waals surface area contributed by atoms with Crippen LogP contribution in [0.3, 0.4) is 0 Å². The molecule has 2 heterocycles. The highest BCUT2D eigenvalue weighted by atomic mass is 32.2. The Kier molecular flexibility index (Phi) is 5.65. The fourth-order valence-corrected chi connectivity index (χ4v) is 3.58. The summed E-state index contributed by atoms with van der Waals surface area (Å²) in [7, 11) is 1.32. The summed E-state index contributed by atoms with van der Waals surface area (Å²) in [6, 6.07) is 3.74. The largest absolute Gasteiger partial charge is 0.469 e. The van der Waals surface area contributed by atoms with Gasteiger partial charge in [0.15, 0.2) is 10.8 Å². The van der Waals surface area contributed by atoms with Crippen LogP contribution < -0.4 is 4.90 Å². The van der Waals surface area contributed by atoms with Gasteiger partial charge in [0.05, 0.1) is 25.4 Å². The molecule has 132 valence electrons. The van der Waals surface area contributed by atoms with Crippen LogP contribution >= 0.6 is 24.0 Å². The van der Waals surface area contributed by atoms with Gasteiger partial charge in [-0.2, -0.15) is 5.26 Å². The van der Waals surface area contributed by atoms with Crippen LogP contribution in [0, 0.1) is 11.3 Å². The van der Waals surface area contributed by atoms with Gasteiger partial charge in [-0.05, 0) is 38.4 Å². The van der Waals surface area contributed by atoms with Gasteiger partial charge in [-0.15, -0.1) is 11.8 Å². The number of thiocarbonyl (C=S) groups is 1. The lowest BCUT2D eigenvalue weighted by atomic mass is 10.0. The molecule has 0 saturated carbocycles. The van der Waals surface area contributed by atoms with E-state index in [1.54, 1.807) is 24.8 Å². The smallest absolute Gasteiger partial charge is 0.307 e. The van der Waals surface area contributed by atoms with Crippen LogP contribution in [0.5, 0.6) is 0 Å². The highest BCUT2D eigenvalue weighted by molar-refractivity contribution is 7.98. The van der Waals surface area contributed by atoms with E-state index < -0.39 is 5.54 Å². The standard InChI is InChI=1S/C16H18N4O3S2/c1-16(2)14(22)20(15(24)19(16)6-5-13(21)23-3)10-7-12(25-4)11(8-17)18-9-10/h7,9H,5-6H2,1-4H3. The lowest BCUT2D eigenvalue weighted by Crippen LogP contribution is -2.45. The van der Waals surface area contributed by atoms with E-state index in [2.05, 4.69) is 9.72 Å². The monoisotopic (exact) mass is 378 g/mol. The molecule has 0 unspecified atom stereocenters. The number of anilines is 1. The molecule has 0 radical (unpaired) electrons. The van der Waals surface area contributed by atoms with E-state index in [1.807, 2.05) is 12.3 Å². The molecular weight excluding hydrogens is 360 g/mol. The molecule has 1 aliphatic heterocycles. The molecule has 1 amide bonds. The predicted molar refractivity (Wildman–Crippen MR) is 98.2 cm³/mol. The molecule has 1 aromatic heterocycles. The summed E-state index contributed by atoms with van der Waals surface area (Å²) in [5, 5.41) is 9.40. The van der Waals surface area contributed by atoms with E-state index in [0.29, 0.717) is 21.4 Å². The SMILES string of the molecule is COC(=O)CCN1C(=S)N(c2cnc(C#N)c(SC)c2)C(=O)C1(C)C. The van der Waals surface area contributed by atoms with E-state index in [1.165, 1.54) is 30.0 Å². The Bertz CT molecular complexity index is 773. The molecule has 1 aliphatic rings. The van der Waals surface area contributed by atoms with Crippen molar-refractivity contribution in [1.29, 1.82) is 5.26 Å². The van der Waals surface area contributed by atoms with Gasteiger partial charge < -0.3 is 9.64 Å². The van der Waals surface area contributed by atoms with E-state index >= 15 is 0 Å². The summed E-state index contributed by atoms with van der Waals surface area (Å²) in [6.45, 7) is 3.79. The van der Waals surface area contributed by atoms with E-state index in [-0.39, 0.29) is 24.8 Å². The Hall–Kier alpha value is -2.18. The van der Waals surface area contributed by atoms with Gasteiger partial charge in [0.25, 0.3) is 5.91 Å². The number of rotatable bonds is 5. The van der Waals surface area contributed by atoms with Crippen molar-refractivity contribution < 1.29 is 14.3 Å². The molecule has 25 heavy (non-hydrogen) atoms. The van der Waals surface area contributed by atoms with Crippen LogP contribution in [0.25, 0.3) is 0 Å². The highest BCUT2D eigenvalue weighted by Crippen LogP contribution is 2.34. The normalized spacial score (nSPS) is 16.1. The average molecular weight is 378 g/mol. The molecule has 1 saturated heterocycles. The zero-order valence-corrected chi connectivity index (χ0v) is 16.0. The number of thioether (sulfide) groups is 1.